The lowest BCUT2D eigenvalue weighted by Crippen LogP contribution is -2.30. The number of nitrogens with one attached hydrogen (secondary N) is 1. The van der Waals surface area contributed by atoms with Crippen LogP contribution in [-0.4, -0.2) is 55.1 Å². The molecule has 1 N–H and O–H groups in total. The van der Waals surface area contributed by atoms with E-state index < -0.39 is 0 Å². The molecule has 2 heterocycles. The third-order valence-electron chi connectivity index (χ3n) is 4.02. The van der Waals surface area contributed by atoms with Gasteiger partial charge in [0, 0.05) is 23.7 Å². The maximum absolute atomic E-state index is 4.71. The van der Waals surface area contributed by atoms with Gasteiger partial charge in [-0.1, -0.05) is 6.92 Å². The maximum atomic E-state index is 4.71. The van der Waals surface area contributed by atoms with Crippen molar-refractivity contribution >= 4 is 11.3 Å². The Morgan fingerprint density at radius 3 is 3.00 bits per heavy atom. The van der Waals surface area contributed by atoms with Crippen LogP contribution in [0.5, 0.6) is 0 Å². The highest BCUT2D eigenvalue weighted by molar-refractivity contribution is 7.11. The molecule has 2 rings (SSSR count). The average molecular weight is 296 g/mol. The lowest BCUT2D eigenvalue weighted by Gasteiger charge is -2.25. The van der Waals surface area contributed by atoms with E-state index in [4.69, 9.17) is 4.98 Å². The van der Waals surface area contributed by atoms with E-state index in [1.165, 1.54) is 29.3 Å². The molecule has 0 amide bonds. The number of thiazole rings is 1. The van der Waals surface area contributed by atoms with Gasteiger partial charge in [0.15, 0.2) is 0 Å². The maximum Gasteiger partial charge on any atom is 0.111 e. The number of likely N-dealkylation sites (N-methyl/N-ethyl adjacent to an activating group) is 2. The van der Waals surface area contributed by atoms with Crippen molar-refractivity contribution in [2.45, 2.75) is 38.8 Å². The Bertz CT molecular complexity index is 406. The van der Waals surface area contributed by atoms with Crippen LogP contribution in [0.25, 0.3) is 0 Å². The summed E-state index contributed by atoms with van der Waals surface area (Å²) in [4.78, 5) is 10.9. The Kier molecular flexibility index (Phi) is 5.96. The highest BCUT2D eigenvalue weighted by Crippen LogP contribution is 2.29. The van der Waals surface area contributed by atoms with Gasteiger partial charge in [0.1, 0.15) is 5.01 Å². The number of hydrogen-bond donors (Lipinski definition) is 1. The monoisotopic (exact) mass is 296 g/mol. The van der Waals surface area contributed by atoms with E-state index in [0.717, 1.165) is 19.6 Å². The van der Waals surface area contributed by atoms with Gasteiger partial charge in [-0.15, -0.1) is 11.3 Å². The summed E-state index contributed by atoms with van der Waals surface area (Å²) < 4.78 is 0. The zero-order valence-corrected chi connectivity index (χ0v) is 14.0. The zero-order valence-electron chi connectivity index (χ0n) is 13.2. The Hall–Kier alpha value is -0.490. The summed E-state index contributed by atoms with van der Waals surface area (Å²) in [6.07, 6.45) is 4.48. The molecule has 2 unspecified atom stereocenters. The summed E-state index contributed by atoms with van der Waals surface area (Å²) in [6.45, 7) is 8.94. The second-order valence-corrected chi connectivity index (χ2v) is 6.98. The molecule has 1 aromatic rings. The topological polar surface area (TPSA) is 31.4 Å². The van der Waals surface area contributed by atoms with Gasteiger partial charge in [-0.05, 0) is 53.5 Å². The van der Waals surface area contributed by atoms with Crippen molar-refractivity contribution in [3.8, 4) is 0 Å². The molecule has 0 bridgehead atoms. The van der Waals surface area contributed by atoms with Crippen LogP contribution >= 0.6 is 11.3 Å². The van der Waals surface area contributed by atoms with Crippen LogP contribution in [0.4, 0.5) is 0 Å². The molecule has 1 fully saturated rings. The van der Waals surface area contributed by atoms with Crippen LogP contribution in [0.15, 0.2) is 6.20 Å². The first-order valence-electron chi connectivity index (χ1n) is 7.69. The normalized spacial score (nSPS) is 23.7. The van der Waals surface area contributed by atoms with Crippen LogP contribution in [0.1, 0.15) is 48.7 Å². The molecule has 2 atom stereocenters. The van der Waals surface area contributed by atoms with E-state index in [0.29, 0.717) is 12.1 Å². The molecule has 114 valence electrons. The predicted molar refractivity (Wildman–Crippen MR) is 86.3 cm³/mol. The van der Waals surface area contributed by atoms with Crippen molar-refractivity contribution in [2.24, 2.45) is 0 Å². The minimum Gasteiger partial charge on any atom is -0.309 e. The molecule has 0 spiro atoms. The average Bonchev–Trinajstić information content (AvgIpc) is 2.85. The fourth-order valence-corrected chi connectivity index (χ4v) is 3.76. The third kappa shape index (κ3) is 4.01. The smallest absolute Gasteiger partial charge is 0.111 e. The highest BCUT2D eigenvalue weighted by Gasteiger charge is 2.25. The van der Waals surface area contributed by atoms with Crippen LogP contribution in [0.3, 0.4) is 0 Å². The van der Waals surface area contributed by atoms with Crippen molar-refractivity contribution in [3.05, 3.63) is 16.1 Å². The molecule has 0 radical (unpaired) electrons. The van der Waals surface area contributed by atoms with E-state index >= 15 is 0 Å². The standard InChI is InChI=1S/C15H28N4S/c1-5-7-16-12(2)14-10-17-15(20-14)13-11-18(3)8-6-9-19(13)4/h10,12-13,16H,5-9,11H2,1-4H3. The summed E-state index contributed by atoms with van der Waals surface area (Å²) in [7, 11) is 4.44. The zero-order chi connectivity index (χ0) is 14.5. The molecule has 0 saturated carbocycles. The largest absolute Gasteiger partial charge is 0.309 e. The van der Waals surface area contributed by atoms with Crippen molar-refractivity contribution in [1.29, 1.82) is 0 Å². The summed E-state index contributed by atoms with van der Waals surface area (Å²) in [6, 6.07) is 0.856. The van der Waals surface area contributed by atoms with E-state index in [9.17, 15) is 0 Å². The van der Waals surface area contributed by atoms with Gasteiger partial charge in [-0.25, -0.2) is 4.98 Å². The van der Waals surface area contributed by atoms with E-state index in [1.54, 1.807) is 0 Å². The molecule has 20 heavy (non-hydrogen) atoms. The number of hydrogen-bond acceptors (Lipinski definition) is 5. The molecule has 4 nitrogen and oxygen atoms in total. The molecule has 1 saturated heterocycles. The van der Waals surface area contributed by atoms with Gasteiger partial charge in [0.25, 0.3) is 0 Å². The van der Waals surface area contributed by atoms with Gasteiger partial charge in [0.2, 0.25) is 0 Å². The van der Waals surface area contributed by atoms with Gasteiger partial charge in [0.05, 0.1) is 6.04 Å². The van der Waals surface area contributed by atoms with Crippen LogP contribution in [-0.2, 0) is 0 Å². The lowest BCUT2D eigenvalue weighted by molar-refractivity contribution is 0.228. The summed E-state index contributed by atoms with van der Waals surface area (Å²) >= 11 is 1.87. The number of nitrogens with zero attached hydrogens (tertiary/aromatic N) is 3. The molecule has 0 aliphatic carbocycles. The van der Waals surface area contributed by atoms with Gasteiger partial charge < -0.3 is 10.2 Å². The van der Waals surface area contributed by atoms with Gasteiger partial charge >= 0.3 is 0 Å². The number of aromatic nitrogens is 1. The van der Waals surface area contributed by atoms with Crippen molar-refractivity contribution < 1.29 is 0 Å². The SMILES string of the molecule is CCCNC(C)c1cnc(C2CN(C)CCCN2C)s1. The predicted octanol–water partition coefficient (Wildman–Crippen LogP) is 2.51. The first-order chi connectivity index (χ1) is 9.61. The van der Waals surface area contributed by atoms with Gasteiger partial charge in [-0.3, -0.25) is 4.90 Å². The highest BCUT2D eigenvalue weighted by atomic mass is 32.1. The third-order valence-corrected chi connectivity index (χ3v) is 5.30. The minimum absolute atomic E-state index is 0.412. The van der Waals surface area contributed by atoms with Crippen LogP contribution in [0.2, 0.25) is 0 Å². The van der Waals surface area contributed by atoms with Gasteiger partial charge in [-0.2, -0.15) is 0 Å². The summed E-state index contributed by atoms with van der Waals surface area (Å²) in [5.41, 5.74) is 0. The Morgan fingerprint density at radius 2 is 2.25 bits per heavy atom. The summed E-state index contributed by atoms with van der Waals surface area (Å²) in [5, 5.41) is 4.81. The second kappa shape index (κ2) is 7.50. The molecule has 0 aromatic carbocycles. The van der Waals surface area contributed by atoms with Crippen LogP contribution in [0, 0.1) is 0 Å². The van der Waals surface area contributed by atoms with E-state index in [1.807, 2.05) is 11.3 Å². The quantitative estimate of drug-likeness (QED) is 0.905. The van der Waals surface area contributed by atoms with E-state index in [-0.39, 0.29) is 0 Å². The Morgan fingerprint density at radius 1 is 1.45 bits per heavy atom. The van der Waals surface area contributed by atoms with Crippen molar-refractivity contribution in [2.75, 3.05) is 40.3 Å². The summed E-state index contributed by atoms with van der Waals surface area (Å²) in [5.74, 6) is 0. The minimum atomic E-state index is 0.412. The van der Waals surface area contributed by atoms with Crippen molar-refractivity contribution in [3.63, 3.8) is 0 Å². The van der Waals surface area contributed by atoms with Crippen LogP contribution < -0.4 is 5.32 Å². The fourth-order valence-electron chi connectivity index (χ4n) is 2.65. The fraction of sp³-hybridized carbons (Fsp3) is 0.800. The Balaban J connectivity index is 2.06. The molecular weight excluding hydrogens is 268 g/mol. The van der Waals surface area contributed by atoms with E-state index in [2.05, 4.69) is 49.3 Å². The Labute approximate surface area is 127 Å². The molecule has 1 aliphatic heterocycles. The lowest BCUT2D eigenvalue weighted by atomic mass is 10.2. The first-order valence-corrected chi connectivity index (χ1v) is 8.51. The molecule has 1 aliphatic rings. The first kappa shape index (κ1) is 15.9. The second-order valence-electron chi connectivity index (χ2n) is 5.89. The van der Waals surface area contributed by atoms with Crippen molar-refractivity contribution in [1.82, 2.24) is 20.1 Å². The molecule has 5 heteroatoms. The molecular formula is C15H28N4S. The molecule has 1 aromatic heterocycles. The number of rotatable bonds is 5.